The second-order valence-corrected chi connectivity index (χ2v) is 9.09. The fourth-order valence-electron chi connectivity index (χ4n) is 2.17. The number of carbonyl (C=O) groups is 2. The number of nitrogens with zero attached hydrogens (tertiary/aromatic N) is 1. The fourth-order valence-corrected chi connectivity index (χ4v) is 2.94. The zero-order valence-electron chi connectivity index (χ0n) is 13.8. The SMILES string of the molecule is CP(C)(=O)c1ccc(CNC(=O)c2ccc(B(O)O)c(C=O)c2)nc1. The lowest BCUT2D eigenvalue weighted by Crippen LogP contribution is -2.34. The predicted molar refractivity (Wildman–Crippen MR) is 96.2 cm³/mol. The summed E-state index contributed by atoms with van der Waals surface area (Å²) in [5.74, 6) is -0.426. The van der Waals surface area contributed by atoms with Gasteiger partial charge in [-0.2, -0.15) is 0 Å². The molecule has 0 fully saturated rings. The van der Waals surface area contributed by atoms with Crippen LogP contribution in [0.25, 0.3) is 0 Å². The van der Waals surface area contributed by atoms with E-state index in [0.717, 1.165) is 0 Å². The number of hydrogen-bond acceptors (Lipinski definition) is 6. The molecule has 7 nitrogen and oxygen atoms in total. The number of aromatic nitrogens is 1. The number of hydrogen-bond donors (Lipinski definition) is 3. The second kappa shape index (κ2) is 7.74. The summed E-state index contributed by atoms with van der Waals surface area (Å²) in [5, 5.41) is 21.7. The zero-order chi connectivity index (χ0) is 18.6. The van der Waals surface area contributed by atoms with E-state index in [1.807, 2.05) is 0 Å². The van der Waals surface area contributed by atoms with E-state index in [1.165, 1.54) is 24.4 Å². The molecular weight excluding hydrogens is 342 g/mol. The molecule has 0 aliphatic heterocycles. The molecule has 0 aliphatic carbocycles. The van der Waals surface area contributed by atoms with Gasteiger partial charge in [-0.15, -0.1) is 0 Å². The lowest BCUT2D eigenvalue weighted by molar-refractivity contribution is 0.0950. The lowest BCUT2D eigenvalue weighted by Gasteiger charge is -2.09. The molecule has 0 radical (unpaired) electrons. The highest BCUT2D eigenvalue weighted by molar-refractivity contribution is 7.70. The van der Waals surface area contributed by atoms with Crippen molar-refractivity contribution >= 4 is 37.2 Å². The van der Waals surface area contributed by atoms with Gasteiger partial charge in [0.05, 0.1) is 12.2 Å². The van der Waals surface area contributed by atoms with E-state index in [2.05, 4.69) is 10.3 Å². The highest BCUT2D eigenvalue weighted by Crippen LogP contribution is 2.33. The van der Waals surface area contributed by atoms with Crippen LogP contribution in [0.1, 0.15) is 26.4 Å². The van der Waals surface area contributed by atoms with E-state index in [0.29, 0.717) is 17.3 Å². The van der Waals surface area contributed by atoms with Crippen molar-refractivity contribution in [3.8, 4) is 0 Å². The van der Waals surface area contributed by atoms with Gasteiger partial charge in [0.2, 0.25) is 0 Å². The number of nitrogens with one attached hydrogen (secondary N) is 1. The molecule has 1 aromatic carbocycles. The molecule has 1 aromatic heterocycles. The molecule has 0 bridgehead atoms. The summed E-state index contributed by atoms with van der Waals surface area (Å²) >= 11 is 0. The van der Waals surface area contributed by atoms with Gasteiger partial charge in [-0.25, -0.2) is 0 Å². The van der Waals surface area contributed by atoms with Crippen molar-refractivity contribution < 1.29 is 24.2 Å². The summed E-state index contributed by atoms with van der Waals surface area (Å²) in [4.78, 5) is 27.4. The van der Waals surface area contributed by atoms with Crippen molar-refractivity contribution in [2.75, 3.05) is 13.3 Å². The Morgan fingerprint density at radius 1 is 1.28 bits per heavy atom. The summed E-state index contributed by atoms with van der Waals surface area (Å²) in [7, 11) is -4.15. The minimum atomic E-state index is -2.37. The second-order valence-electron chi connectivity index (χ2n) is 5.88. The van der Waals surface area contributed by atoms with Crippen LogP contribution in [0, 0.1) is 0 Å². The van der Waals surface area contributed by atoms with Crippen LogP contribution in [0.3, 0.4) is 0 Å². The number of aldehydes is 1. The monoisotopic (exact) mass is 360 g/mol. The molecular formula is C16H18BN2O5P. The highest BCUT2D eigenvalue weighted by Gasteiger charge is 2.18. The number of carbonyl (C=O) groups excluding carboxylic acids is 2. The van der Waals surface area contributed by atoms with Gasteiger partial charge in [-0.1, -0.05) is 6.07 Å². The van der Waals surface area contributed by atoms with Crippen molar-refractivity contribution in [1.82, 2.24) is 10.3 Å². The third kappa shape index (κ3) is 4.86. The molecule has 0 atom stereocenters. The van der Waals surface area contributed by atoms with Crippen LogP contribution < -0.4 is 16.1 Å². The lowest BCUT2D eigenvalue weighted by atomic mass is 9.77. The number of pyridine rings is 1. The normalized spacial score (nSPS) is 11.0. The first-order chi connectivity index (χ1) is 11.7. The van der Waals surface area contributed by atoms with Crippen molar-refractivity contribution in [2.45, 2.75) is 6.54 Å². The molecule has 1 amide bonds. The Labute approximate surface area is 145 Å². The number of amides is 1. The molecule has 0 spiro atoms. The van der Waals surface area contributed by atoms with Gasteiger partial charge in [-0.05, 0) is 43.1 Å². The van der Waals surface area contributed by atoms with Crippen molar-refractivity contribution in [3.05, 3.63) is 53.3 Å². The minimum absolute atomic E-state index is 0.0340. The van der Waals surface area contributed by atoms with Gasteiger partial charge >= 0.3 is 7.12 Å². The summed E-state index contributed by atoms with van der Waals surface area (Å²) < 4.78 is 11.9. The number of rotatable bonds is 6. The summed E-state index contributed by atoms with van der Waals surface area (Å²) in [6.07, 6.45) is 1.99. The Bertz CT molecular complexity index is 833. The van der Waals surface area contributed by atoms with E-state index in [4.69, 9.17) is 10.0 Å². The van der Waals surface area contributed by atoms with Crippen LogP contribution in [0.4, 0.5) is 0 Å². The van der Waals surface area contributed by atoms with Gasteiger partial charge in [0, 0.05) is 22.6 Å². The maximum Gasteiger partial charge on any atom is 0.489 e. The van der Waals surface area contributed by atoms with Gasteiger partial charge in [0.1, 0.15) is 13.4 Å². The smallest absolute Gasteiger partial charge is 0.423 e. The third-order valence-corrected chi connectivity index (χ3v) is 5.12. The van der Waals surface area contributed by atoms with Gasteiger partial charge in [0.15, 0.2) is 0 Å². The Hall–Kier alpha value is -2.28. The van der Waals surface area contributed by atoms with Crippen LogP contribution in [-0.4, -0.2) is 47.7 Å². The Balaban J connectivity index is 2.07. The highest BCUT2D eigenvalue weighted by atomic mass is 31.2. The quantitative estimate of drug-likeness (QED) is 0.372. The molecule has 0 saturated heterocycles. The molecule has 2 rings (SSSR count). The molecule has 0 aliphatic rings. The average Bonchev–Trinajstić information content (AvgIpc) is 2.58. The van der Waals surface area contributed by atoms with Crippen LogP contribution >= 0.6 is 7.14 Å². The predicted octanol–water partition coefficient (Wildman–Crippen LogP) is -0.248. The summed E-state index contributed by atoms with van der Waals surface area (Å²) in [6, 6.07) is 7.42. The largest absolute Gasteiger partial charge is 0.489 e. The van der Waals surface area contributed by atoms with E-state index < -0.39 is 20.2 Å². The maximum atomic E-state index is 12.2. The van der Waals surface area contributed by atoms with Crippen LogP contribution in [-0.2, 0) is 11.1 Å². The average molecular weight is 360 g/mol. The fraction of sp³-hybridized carbons (Fsp3) is 0.188. The van der Waals surface area contributed by atoms with Crippen LogP contribution in [0.5, 0.6) is 0 Å². The Kier molecular flexibility index (Phi) is 5.90. The first-order valence-corrected chi connectivity index (χ1v) is 10.1. The maximum absolute atomic E-state index is 12.2. The number of benzene rings is 1. The molecule has 130 valence electrons. The van der Waals surface area contributed by atoms with E-state index >= 15 is 0 Å². The first kappa shape index (κ1) is 19.1. The minimum Gasteiger partial charge on any atom is -0.423 e. The molecule has 25 heavy (non-hydrogen) atoms. The van der Waals surface area contributed by atoms with E-state index in [-0.39, 0.29) is 23.1 Å². The Morgan fingerprint density at radius 3 is 2.52 bits per heavy atom. The molecule has 3 N–H and O–H groups in total. The third-order valence-electron chi connectivity index (χ3n) is 3.62. The first-order valence-electron chi connectivity index (χ1n) is 7.46. The van der Waals surface area contributed by atoms with Gasteiger partial charge < -0.3 is 19.9 Å². The summed E-state index contributed by atoms with van der Waals surface area (Å²) in [6.45, 7) is 3.48. The zero-order valence-corrected chi connectivity index (χ0v) is 14.7. The van der Waals surface area contributed by atoms with Gasteiger partial charge in [-0.3, -0.25) is 14.6 Å². The standard InChI is InChI=1S/C16H18BN2O5P/c1-25(2,24)14-5-4-13(18-9-14)8-19-16(21)11-3-6-15(17(22)23)12(7-11)10-20/h3-7,9-10,22-23H,8H2,1-2H3,(H,19,21). The molecule has 1 heterocycles. The van der Waals surface area contributed by atoms with Crippen LogP contribution in [0.2, 0.25) is 0 Å². The molecule has 0 unspecified atom stereocenters. The molecule has 2 aromatic rings. The van der Waals surface area contributed by atoms with Crippen LogP contribution in [0.15, 0.2) is 36.5 Å². The van der Waals surface area contributed by atoms with Gasteiger partial charge in [0.25, 0.3) is 5.91 Å². The van der Waals surface area contributed by atoms with E-state index in [1.54, 1.807) is 25.5 Å². The summed E-state index contributed by atoms with van der Waals surface area (Å²) in [5.41, 5.74) is 0.887. The molecule has 0 saturated carbocycles. The Morgan fingerprint density at radius 2 is 2.00 bits per heavy atom. The van der Waals surface area contributed by atoms with Crippen molar-refractivity contribution in [3.63, 3.8) is 0 Å². The molecule has 9 heteroatoms. The topological polar surface area (TPSA) is 117 Å². The van der Waals surface area contributed by atoms with Crippen molar-refractivity contribution in [1.29, 1.82) is 0 Å². The van der Waals surface area contributed by atoms with E-state index in [9.17, 15) is 14.2 Å². The van der Waals surface area contributed by atoms with Crippen molar-refractivity contribution in [2.24, 2.45) is 0 Å².